The van der Waals surface area contributed by atoms with Crippen LogP contribution in [0.5, 0.6) is 0 Å². The Balaban J connectivity index is 1.94. The molecule has 150 valence electrons. The monoisotopic (exact) mass is 437 g/mol. The Morgan fingerprint density at radius 3 is 2.62 bits per heavy atom. The fourth-order valence-corrected chi connectivity index (χ4v) is 3.42. The quantitative estimate of drug-likeness (QED) is 0.297. The molecule has 3 N–H and O–H groups in total. The average Bonchev–Trinajstić information content (AvgIpc) is 2.62. The summed E-state index contributed by atoms with van der Waals surface area (Å²) in [5, 5.41) is 13.6. The zero-order valence-corrected chi connectivity index (χ0v) is 15.9. The molecule has 11 nitrogen and oxygen atoms in total. The first-order valence-corrected chi connectivity index (χ1v) is 9.69. The number of nitro groups is 1. The molecule has 2 aromatic carbocycles. The van der Waals surface area contributed by atoms with Gasteiger partial charge in [-0.15, -0.1) is 0 Å². The summed E-state index contributed by atoms with van der Waals surface area (Å²) in [4.78, 5) is 32.0. The highest BCUT2D eigenvalue weighted by Crippen LogP contribution is 2.28. The number of halogens is 1. The van der Waals surface area contributed by atoms with Gasteiger partial charge >= 0.3 is 5.69 Å². The summed E-state index contributed by atoms with van der Waals surface area (Å²) in [5.41, 5.74) is -0.692. The smallest absolute Gasteiger partial charge is 0.324 e. The summed E-state index contributed by atoms with van der Waals surface area (Å²) >= 11 is 5.76. The molecule has 0 radical (unpaired) electrons. The third-order valence-electron chi connectivity index (χ3n) is 3.71. The van der Waals surface area contributed by atoms with Crippen molar-refractivity contribution in [1.82, 2.24) is 15.0 Å². The van der Waals surface area contributed by atoms with E-state index in [-0.39, 0.29) is 45.0 Å². The number of nitrogens with zero attached hydrogens (tertiary/aromatic N) is 3. The molecule has 3 rings (SSSR count). The van der Waals surface area contributed by atoms with Crippen LogP contribution in [0, 0.1) is 10.1 Å². The highest BCUT2D eigenvalue weighted by Gasteiger charge is 2.17. The predicted molar refractivity (Wildman–Crippen MR) is 103 cm³/mol. The third-order valence-corrected chi connectivity index (χ3v) is 4.98. The van der Waals surface area contributed by atoms with Gasteiger partial charge in [0.05, 0.1) is 9.82 Å². The fraction of sp³-hybridized carbons (Fsp3) is 0.0625. The molecule has 1 aromatic heterocycles. The van der Waals surface area contributed by atoms with E-state index in [9.17, 15) is 27.9 Å². The normalized spacial score (nSPS) is 11.2. The minimum absolute atomic E-state index is 0.0603. The summed E-state index contributed by atoms with van der Waals surface area (Å²) in [6.45, 7) is 0. The van der Waals surface area contributed by atoms with Crippen LogP contribution in [-0.2, 0) is 16.5 Å². The van der Waals surface area contributed by atoms with Gasteiger partial charge in [0.25, 0.3) is 15.8 Å². The maximum atomic E-state index is 11.9. The van der Waals surface area contributed by atoms with Crippen LogP contribution >= 0.6 is 11.6 Å². The van der Waals surface area contributed by atoms with Gasteiger partial charge in [-0.3, -0.25) is 19.7 Å². The van der Waals surface area contributed by atoms with Gasteiger partial charge < -0.3 is 5.32 Å². The molecule has 0 aliphatic carbocycles. The zero-order chi connectivity index (χ0) is 21.2. The lowest BCUT2D eigenvalue weighted by molar-refractivity contribution is -0.384. The number of hydrogen-bond acceptors (Lipinski definition) is 8. The second-order valence-electron chi connectivity index (χ2n) is 5.73. The van der Waals surface area contributed by atoms with Crippen molar-refractivity contribution in [2.75, 3.05) is 5.32 Å². The third kappa shape index (κ3) is 4.93. The zero-order valence-electron chi connectivity index (χ0n) is 14.4. The SMILES string of the molecule is O=c1nc(Nc2ccc(Cl)c([N+](=O)[O-])c2)nc(Cc2ccccc2S(=O)(=O)O)[nH]1. The number of anilines is 2. The number of hydrogen-bond donors (Lipinski definition) is 3. The molecule has 0 amide bonds. The first-order chi connectivity index (χ1) is 13.6. The molecule has 13 heteroatoms. The van der Waals surface area contributed by atoms with Crippen molar-refractivity contribution in [1.29, 1.82) is 0 Å². The van der Waals surface area contributed by atoms with Crippen LogP contribution in [0.2, 0.25) is 5.02 Å². The summed E-state index contributed by atoms with van der Waals surface area (Å²) in [6, 6.07) is 9.58. The van der Waals surface area contributed by atoms with Crippen LogP contribution < -0.4 is 11.0 Å². The summed E-state index contributed by atoms with van der Waals surface area (Å²) < 4.78 is 32.3. The molecule has 0 saturated heterocycles. The van der Waals surface area contributed by atoms with Gasteiger partial charge in [-0.25, -0.2) is 4.79 Å². The topological polar surface area (TPSA) is 168 Å². The van der Waals surface area contributed by atoms with E-state index in [4.69, 9.17) is 11.6 Å². The summed E-state index contributed by atoms with van der Waals surface area (Å²) in [7, 11) is -4.47. The minimum Gasteiger partial charge on any atom is -0.324 e. The van der Waals surface area contributed by atoms with E-state index in [0.717, 1.165) is 6.07 Å². The van der Waals surface area contributed by atoms with Gasteiger partial charge in [-0.05, 0) is 23.8 Å². The van der Waals surface area contributed by atoms with Crippen molar-refractivity contribution in [3.63, 3.8) is 0 Å². The molecule has 0 saturated carbocycles. The number of aromatic amines is 1. The number of H-pyrrole nitrogens is 1. The molecule has 0 aliphatic rings. The van der Waals surface area contributed by atoms with E-state index in [1.807, 2.05) is 0 Å². The van der Waals surface area contributed by atoms with Crippen molar-refractivity contribution in [3.05, 3.63) is 79.5 Å². The molecule has 0 bridgehead atoms. The molecule has 3 aromatic rings. The van der Waals surface area contributed by atoms with Gasteiger partial charge in [0.2, 0.25) is 5.95 Å². The number of nitro benzene ring substituents is 1. The minimum atomic E-state index is -4.47. The molecule has 0 spiro atoms. The molecule has 0 fully saturated rings. The number of nitrogens with one attached hydrogen (secondary N) is 2. The fourth-order valence-electron chi connectivity index (χ4n) is 2.51. The van der Waals surface area contributed by atoms with Crippen LogP contribution in [0.1, 0.15) is 11.4 Å². The molecular formula is C16H12ClN5O6S. The average molecular weight is 438 g/mol. The largest absolute Gasteiger partial charge is 0.349 e. The van der Waals surface area contributed by atoms with E-state index in [1.54, 1.807) is 6.07 Å². The van der Waals surface area contributed by atoms with Crippen LogP contribution in [-0.4, -0.2) is 32.8 Å². The molecule has 0 atom stereocenters. The van der Waals surface area contributed by atoms with Gasteiger partial charge in [0.1, 0.15) is 10.8 Å². The second-order valence-corrected chi connectivity index (χ2v) is 7.53. The van der Waals surface area contributed by atoms with Gasteiger partial charge in [0, 0.05) is 18.2 Å². The van der Waals surface area contributed by atoms with E-state index in [0.29, 0.717) is 0 Å². The Hall–Kier alpha value is -3.35. The second kappa shape index (κ2) is 7.95. The van der Waals surface area contributed by atoms with Crippen molar-refractivity contribution < 1.29 is 17.9 Å². The van der Waals surface area contributed by atoms with E-state index >= 15 is 0 Å². The lowest BCUT2D eigenvalue weighted by atomic mass is 10.1. The lowest BCUT2D eigenvalue weighted by Crippen LogP contribution is -2.18. The molecular weight excluding hydrogens is 426 g/mol. The first kappa shape index (κ1) is 20.4. The van der Waals surface area contributed by atoms with Gasteiger partial charge in [0.15, 0.2) is 0 Å². The first-order valence-electron chi connectivity index (χ1n) is 7.87. The maximum absolute atomic E-state index is 11.9. The van der Waals surface area contributed by atoms with Crippen molar-refractivity contribution >= 4 is 39.0 Å². The Morgan fingerprint density at radius 2 is 1.93 bits per heavy atom. The Labute approximate surface area is 168 Å². The van der Waals surface area contributed by atoms with Gasteiger partial charge in [-0.1, -0.05) is 29.8 Å². The lowest BCUT2D eigenvalue weighted by Gasteiger charge is -2.08. The van der Waals surface area contributed by atoms with Gasteiger partial charge in [-0.2, -0.15) is 18.4 Å². The van der Waals surface area contributed by atoms with Crippen LogP contribution in [0.3, 0.4) is 0 Å². The highest BCUT2D eigenvalue weighted by atomic mass is 35.5. The molecule has 0 aliphatic heterocycles. The van der Waals surface area contributed by atoms with Crippen LogP contribution in [0.25, 0.3) is 0 Å². The molecule has 0 unspecified atom stereocenters. The van der Waals surface area contributed by atoms with E-state index < -0.39 is 20.7 Å². The standard InChI is InChI=1S/C16H12ClN5O6S/c17-11-6-5-10(8-12(11)22(24)25)18-15-19-14(20-16(23)21-15)7-9-3-1-2-4-13(9)29(26,27)28/h1-6,8H,7H2,(H,26,27,28)(H2,18,19,20,21,23). The molecule has 1 heterocycles. The number of benzene rings is 2. The highest BCUT2D eigenvalue weighted by molar-refractivity contribution is 7.85. The van der Waals surface area contributed by atoms with Crippen molar-refractivity contribution in [2.24, 2.45) is 0 Å². The Morgan fingerprint density at radius 1 is 1.21 bits per heavy atom. The number of rotatable bonds is 6. The Bertz CT molecular complexity index is 1260. The van der Waals surface area contributed by atoms with Crippen LogP contribution in [0.15, 0.2) is 52.2 Å². The van der Waals surface area contributed by atoms with Crippen LogP contribution in [0.4, 0.5) is 17.3 Å². The summed E-state index contributed by atoms with van der Waals surface area (Å²) in [6.07, 6.45) is -0.122. The van der Waals surface area contributed by atoms with Crippen molar-refractivity contribution in [3.8, 4) is 0 Å². The molecule has 29 heavy (non-hydrogen) atoms. The van der Waals surface area contributed by atoms with Crippen molar-refractivity contribution in [2.45, 2.75) is 11.3 Å². The summed E-state index contributed by atoms with van der Waals surface area (Å²) in [5.74, 6) is -0.100. The van der Waals surface area contributed by atoms with E-state index in [1.165, 1.54) is 30.3 Å². The number of aromatic nitrogens is 3. The maximum Gasteiger partial charge on any atom is 0.349 e. The Kier molecular flexibility index (Phi) is 5.59. The van der Waals surface area contributed by atoms with E-state index in [2.05, 4.69) is 20.3 Å². The predicted octanol–water partition coefficient (Wildman–Crippen LogP) is 2.31.